The Hall–Kier alpha value is -3.34. The summed E-state index contributed by atoms with van der Waals surface area (Å²) < 4.78 is 12.6. The number of aliphatic hydroxyl groups is 1. The molecular weight excluding hydrogens is 514 g/mol. The number of nitrogens with zero attached hydrogens (tertiary/aromatic N) is 1. The minimum Gasteiger partial charge on any atom is -0.508 e. The molecule has 2 aromatic rings. The second kappa shape index (κ2) is 12.6. The lowest BCUT2D eigenvalue weighted by Crippen LogP contribution is -2.56. The molecule has 2 aromatic carbocycles. The number of carboxylic acid groups (broad SMARTS) is 1. The van der Waals surface area contributed by atoms with Crippen LogP contribution in [0.25, 0.3) is 0 Å². The van der Waals surface area contributed by atoms with Gasteiger partial charge in [-0.05, 0) is 48.2 Å². The van der Waals surface area contributed by atoms with Gasteiger partial charge in [0, 0.05) is 6.54 Å². The molecule has 0 radical (unpaired) electrons. The topological polar surface area (TPSA) is 143 Å². The van der Waals surface area contributed by atoms with E-state index in [-0.39, 0.29) is 39.9 Å². The number of alkyl halides is 1. The van der Waals surface area contributed by atoms with Crippen LogP contribution in [0.4, 0.5) is 4.39 Å². The first kappa shape index (κ1) is 27.3. The Kier molecular flexibility index (Phi) is 9.51. The number of hydrogen-bond donors (Lipinski definition) is 6. The molecule has 3 rings (SSSR count). The van der Waals surface area contributed by atoms with Crippen molar-refractivity contribution in [1.29, 1.82) is 0 Å². The summed E-state index contributed by atoms with van der Waals surface area (Å²) in [7, 11) is 0. The van der Waals surface area contributed by atoms with Gasteiger partial charge in [0.2, 0.25) is 6.17 Å². The molecule has 0 heterocycles. The number of carbonyl (C=O) groups excluding carboxylic acids is 1. The maximum Gasteiger partial charge on any atom is 0.347 e. The number of phenolic OH excluding ortho intramolecular Hbond substituents is 1. The normalized spacial score (nSPS) is 14.7. The fraction of sp³-hybridized carbons (Fsp3) is 0.292. The lowest BCUT2D eigenvalue weighted by atomic mass is 10.00. The Bertz CT molecular complexity index is 1150. The van der Waals surface area contributed by atoms with Crippen molar-refractivity contribution in [2.24, 2.45) is 4.99 Å². The molecular formula is C24H25Cl2FN4O5. The first-order chi connectivity index (χ1) is 17.2. The van der Waals surface area contributed by atoms with Crippen LogP contribution in [0.5, 0.6) is 5.75 Å². The highest BCUT2D eigenvalue weighted by atomic mass is 35.5. The van der Waals surface area contributed by atoms with Crippen molar-refractivity contribution in [2.45, 2.75) is 31.2 Å². The van der Waals surface area contributed by atoms with E-state index in [1.807, 2.05) is 0 Å². The summed E-state index contributed by atoms with van der Waals surface area (Å²) in [5.41, 5.74) is 1.08. The standard InChI is InChI=1S/C24H25Cl2FN4O5/c25-17-10-13(4-7-19(33)14-2-1-3-16(32)12-14)11-18(26)20(17)22(34)30-21(23(35)36)31-24(28-9-8-27)29-15-5-6-15/h1-3,5-6,10-12,15,19,21,32-33H,4,7-9H2,(H,30,34)(H,35,36)(H2,28,29,31). The number of aromatic hydroxyl groups is 1. The fourth-order valence-electron chi connectivity index (χ4n) is 3.27. The number of aliphatic imine (C=N–C) groups is 1. The highest BCUT2D eigenvalue weighted by Gasteiger charge is 2.25. The maximum atomic E-state index is 12.8. The second-order valence-electron chi connectivity index (χ2n) is 7.94. The van der Waals surface area contributed by atoms with Gasteiger partial charge in [-0.25, -0.2) is 14.2 Å². The van der Waals surface area contributed by atoms with Crippen molar-refractivity contribution in [2.75, 3.05) is 13.2 Å². The summed E-state index contributed by atoms with van der Waals surface area (Å²) in [6, 6.07) is 9.08. The SMILES string of the molecule is O=C(NC(N/C(=N\C1C=C1)NCCF)C(=O)O)c1c(Cl)cc(CCC(O)c2cccc(O)c2)cc1Cl. The average Bonchev–Trinajstić information content (AvgIpc) is 3.64. The number of aliphatic hydroxyl groups excluding tert-OH is 1. The molecule has 2 unspecified atom stereocenters. The third-order valence-electron chi connectivity index (χ3n) is 5.12. The van der Waals surface area contributed by atoms with Crippen molar-refractivity contribution in [1.82, 2.24) is 16.0 Å². The van der Waals surface area contributed by atoms with Crippen molar-refractivity contribution >= 4 is 41.0 Å². The highest BCUT2D eigenvalue weighted by Crippen LogP contribution is 2.29. The minimum absolute atomic E-state index is 0.00221. The number of aryl methyl sites for hydroxylation is 1. The van der Waals surface area contributed by atoms with Crippen molar-refractivity contribution in [3.05, 3.63) is 75.3 Å². The monoisotopic (exact) mass is 538 g/mol. The van der Waals surface area contributed by atoms with Crippen LogP contribution < -0.4 is 16.0 Å². The number of carbonyl (C=O) groups is 2. The Labute approximate surface area is 216 Å². The van der Waals surface area contributed by atoms with Crippen LogP contribution in [0.15, 0.2) is 53.5 Å². The van der Waals surface area contributed by atoms with E-state index in [1.165, 1.54) is 24.3 Å². The van der Waals surface area contributed by atoms with Gasteiger partial charge < -0.3 is 31.3 Å². The van der Waals surface area contributed by atoms with Crippen LogP contribution in [-0.2, 0) is 11.2 Å². The van der Waals surface area contributed by atoms with Gasteiger partial charge in [0.25, 0.3) is 5.91 Å². The van der Waals surface area contributed by atoms with Crippen LogP contribution in [0.2, 0.25) is 10.0 Å². The molecule has 0 aromatic heterocycles. The van der Waals surface area contributed by atoms with Gasteiger partial charge in [0.05, 0.1) is 27.8 Å². The van der Waals surface area contributed by atoms with Gasteiger partial charge in [-0.15, -0.1) is 0 Å². The fourth-order valence-corrected chi connectivity index (χ4v) is 3.98. The molecule has 12 heteroatoms. The zero-order chi connectivity index (χ0) is 26.2. The van der Waals surface area contributed by atoms with E-state index in [0.717, 1.165) is 0 Å². The summed E-state index contributed by atoms with van der Waals surface area (Å²) in [6.45, 7) is -0.802. The summed E-state index contributed by atoms with van der Waals surface area (Å²) in [5.74, 6) is -2.20. The van der Waals surface area contributed by atoms with Crippen molar-refractivity contribution in [3.8, 4) is 5.75 Å². The summed E-state index contributed by atoms with van der Waals surface area (Å²) >= 11 is 12.6. The first-order valence-corrected chi connectivity index (χ1v) is 11.7. The van der Waals surface area contributed by atoms with Gasteiger partial charge in [0.1, 0.15) is 12.4 Å². The number of nitrogens with one attached hydrogen (secondary N) is 3. The predicted molar refractivity (Wildman–Crippen MR) is 134 cm³/mol. The van der Waals surface area contributed by atoms with Gasteiger partial charge >= 0.3 is 5.97 Å². The van der Waals surface area contributed by atoms with Crippen molar-refractivity contribution < 1.29 is 29.3 Å². The first-order valence-electron chi connectivity index (χ1n) is 11.0. The van der Waals surface area contributed by atoms with Crippen LogP contribution in [-0.4, -0.2) is 58.6 Å². The molecule has 192 valence electrons. The van der Waals surface area contributed by atoms with E-state index in [2.05, 4.69) is 20.9 Å². The molecule has 0 spiro atoms. The van der Waals surface area contributed by atoms with Gasteiger partial charge in [-0.1, -0.05) is 47.5 Å². The quantitative estimate of drug-likeness (QED) is 0.112. The van der Waals surface area contributed by atoms with E-state index in [0.29, 0.717) is 24.0 Å². The number of phenols is 1. The molecule has 1 amide bonds. The molecule has 6 N–H and O–H groups in total. The average molecular weight is 539 g/mol. The predicted octanol–water partition coefficient (Wildman–Crippen LogP) is 2.95. The van der Waals surface area contributed by atoms with E-state index in [4.69, 9.17) is 23.2 Å². The Morgan fingerprint density at radius 1 is 1.11 bits per heavy atom. The van der Waals surface area contributed by atoms with Gasteiger partial charge in [-0.2, -0.15) is 0 Å². The molecule has 2 atom stereocenters. The Morgan fingerprint density at radius 2 is 1.81 bits per heavy atom. The van der Waals surface area contributed by atoms with Crippen LogP contribution in [0.3, 0.4) is 0 Å². The number of benzene rings is 2. The van der Waals surface area contributed by atoms with E-state index in [1.54, 1.807) is 24.3 Å². The van der Waals surface area contributed by atoms with E-state index < -0.39 is 30.8 Å². The van der Waals surface area contributed by atoms with Crippen LogP contribution in [0, 0.1) is 0 Å². The number of aliphatic carboxylic acids is 1. The van der Waals surface area contributed by atoms with E-state index >= 15 is 0 Å². The van der Waals surface area contributed by atoms with Crippen LogP contribution in [0.1, 0.15) is 34.0 Å². The molecule has 0 saturated heterocycles. The molecule has 36 heavy (non-hydrogen) atoms. The summed E-state index contributed by atoms with van der Waals surface area (Å²) in [5, 5.41) is 37.0. The molecule has 0 bridgehead atoms. The number of rotatable bonds is 11. The summed E-state index contributed by atoms with van der Waals surface area (Å²) in [4.78, 5) is 28.7. The molecule has 1 aliphatic carbocycles. The zero-order valence-corrected chi connectivity index (χ0v) is 20.4. The molecule has 0 fully saturated rings. The van der Waals surface area contributed by atoms with Crippen molar-refractivity contribution in [3.63, 3.8) is 0 Å². The molecule has 0 aliphatic heterocycles. The second-order valence-corrected chi connectivity index (χ2v) is 8.76. The smallest absolute Gasteiger partial charge is 0.347 e. The zero-order valence-electron chi connectivity index (χ0n) is 18.9. The lowest BCUT2D eigenvalue weighted by Gasteiger charge is -2.20. The van der Waals surface area contributed by atoms with Gasteiger partial charge in [-0.3, -0.25) is 4.79 Å². The Balaban J connectivity index is 1.67. The largest absolute Gasteiger partial charge is 0.508 e. The third-order valence-corrected chi connectivity index (χ3v) is 5.72. The molecule has 0 saturated carbocycles. The lowest BCUT2D eigenvalue weighted by molar-refractivity contribution is -0.139. The maximum absolute atomic E-state index is 12.8. The van der Waals surface area contributed by atoms with E-state index in [9.17, 15) is 29.3 Å². The number of hydrogen-bond acceptors (Lipinski definition) is 5. The number of guanidine groups is 1. The number of amides is 1. The minimum atomic E-state index is -1.61. The van der Waals surface area contributed by atoms with Gasteiger partial charge in [0.15, 0.2) is 5.96 Å². The number of halogens is 3. The number of carboxylic acids is 1. The molecule has 9 nitrogen and oxygen atoms in total. The third kappa shape index (κ3) is 7.84. The summed E-state index contributed by atoms with van der Waals surface area (Å²) in [6.07, 6.45) is 1.72. The highest BCUT2D eigenvalue weighted by molar-refractivity contribution is 6.39. The Morgan fingerprint density at radius 3 is 2.39 bits per heavy atom. The molecule has 1 aliphatic rings. The van der Waals surface area contributed by atoms with Crippen LogP contribution >= 0.6 is 23.2 Å².